The molecule has 1 heterocycles. The van der Waals surface area contributed by atoms with Gasteiger partial charge in [-0.1, -0.05) is 0 Å². The Morgan fingerprint density at radius 1 is 1.07 bits per heavy atom. The summed E-state index contributed by atoms with van der Waals surface area (Å²) in [6.07, 6.45) is 1.44. The number of hydrogen-bond acceptors (Lipinski definition) is 6. The Kier molecular flexibility index (Phi) is 5.99. The summed E-state index contributed by atoms with van der Waals surface area (Å²) in [4.78, 5) is 16.2. The number of benzene rings is 2. The number of aromatic nitrogens is 1. The van der Waals surface area contributed by atoms with E-state index in [0.717, 1.165) is 0 Å². The van der Waals surface area contributed by atoms with Crippen LogP contribution in [0.25, 0.3) is 0 Å². The Balaban J connectivity index is 1.69. The lowest BCUT2D eigenvalue weighted by atomic mass is 10.2. The number of sulfonamides is 1. The summed E-state index contributed by atoms with van der Waals surface area (Å²) in [7, 11) is -3.78. The molecule has 29 heavy (non-hydrogen) atoms. The van der Waals surface area contributed by atoms with E-state index in [9.17, 15) is 18.3 Å². The highest BCUT2D eigenvalue weighted by molar-refractivity contribution is 7.92. The molecule has 9 heteroatoms. The highest BCUT2D eigenvalue weighted by atomic mass is 32.2. The molecule has 0 bridgehead atoms. The quantitative estimate of drug-likeness (QED) is 0.547. The number of nitrogens with one attached hydrogen (secondary N) is 2. The number of carbonyl (C=O) groups excluding carboxylic acids is 1. The number of carbonyl (C=O) groups is 1. The van der Waals surface area contributed by atoms with Gasteiger partial charge >= 0.3 is 0 Å². The maximum absolute atomic E-state index is 12.5. The van der Waals surface area contributed by atoms with E-state index in [0.29, 0.717) is 18.0 Å². The summed E-state index contributed by atoms with van der Waals surface area (Å²) < 4.78 is 32.8. The Labute approximate surface area is 168 Å². The second-order valence-corrected chi connectivity index (χ2v) is 7.59. The summed E-state index contributed by atoms with van der Waals surface area (Å²) in [6, 6.07) is 14.9. The summed E-state index contributed by atoms with van der Waals surface area (Å²) in [5.41, 5.74) is 0.579. The molecule has 8 nitrogen and oxygen atoms in total. The fourth-order valence-corrected chi connectivity index (χ4v) is 3.52. The third-order valence-corrected chi connectivity index (χ3v) is 5.26. The fraction of sp³-hybridized carbons (Fsp3) is 0.100. The van der Waals surface area contributed by atoms with E-state index in [1.165, 1.54) is 54.7 Å². The standard InChI is InChI=1S/C20H19N3O5S/c1-2-28-16-9-11-17(12-10-16)29(26,27)23-15-7-5-14(6-8-15)20(25)22-19-18(24)4-3-13-21-19/h3-13,23-24H,2H2,1H3,(H,21,22,25). The van der Waals surface area contributed by atoms with E-state index >= 15 is 0 Å². The number of aromatic hydroxyl groups is 1. The van der Waals surface area contributed by atoms with Crippen LogP contribution in [0.1, 0.15) is 17.3 Å². The minimum absolute atomic E-state index is 0.0396. The largest absolute Gasteiger partial charge is 0.504 e. The summed E-state index contributed by atoms with van der Waals surface area (Å²) in [5, 5.41) is 12.2. The topological polar surface area (TPSA) is 118 Å². The molecule has 0 unspecified atom stereocenters. The summed E-state index contributed by atoms with van der Waals surface area (Å²) in [6.45, 7) is 2.33. The van der Waals surface area contributed by atoms with Crippen LogP contribution in [0.2, 0.25) is 0 Å². The molecular formula is C20H19N3O5S. The third kappa shape index (κ3) is 5.02. The van der Waals surface area contributed by atoms with Crippen LogP contribution in [0.4, 0.5) is 11.5 Å². The van der Waals surface area contributed by atoms with Gasteiger partial charge in [0.2, 0.25) is 0 Å². The van der Waals surface area contributed by atoms with Crippen LogP contribution in [-0.2, 0) is 10.0 Å². The van der Waals surface area contributed by atoms with Gasteiger partial charge in [0.05, 0.1) is 11.5 Å². The zero-order valence-electron chi connectivity index (χ0n) is 15.5. The van der Waals surface area contributed by atoms with Gasteiger partial charge in [-0.3, -0.25) is 9.52 Å². The number of hydrogen-bond donors (Lipinski definition) is 3. The Morgan fingerprint density at radius 3 is 2.38 bits per heavy atom. The lowest BCUT2D eigenvalue weighted by Crippen LogP contribution is -2.14. The Hall–Kier alpha value is -3.59. The minimum atomic E-state index is -3.78. The van der Waals surface area contributed by atoms with Crippen LogP contribution in [0.15, 0.2) is 71.8 Å². The van der Waals surface area contributed by atoms with Crippen molar-refractivity contribution in [1.29, 1.82) is 0 Å². The Morgan fingerprint density at radius 2 is 1.76 bits per heavy atom. The predicted molar refractivity (Wildman–Crippen MR) is 109 cm³/mol. The van der Waals surface area contributed by atoms with Crippen molar-refractivity contribution in [2.45, 2.75) is 11.8 Å². The molecule has 0 spiro atoms. The van der Waals surface area contributed by atoms with Gasteiger partial charge in [-0.15, -0.1) is 0 Å². The van der Waals surface area contributed by atoms with Gasteiger partial charge in [0.1, 0.15) is 5.75 Å². The van der Waals surface area contributed by atoms with Crippen molar-refractivity contribution in [3.63, 3.8) is 0 Å². The Bertz CT molecular complexity index is 1100. The fourth-order valence-electron chi connectivity index (χ4n) is 2.46. The number of anilines is 2. The molecule has 0 aliphatic heterocycles. The van der Waals surface area contributed by atoms with Crippen LogP contribution in [0.5, 0.6) is 11.5 Å². The molecule has 150 valence electrons. The molecule has 2 aromatic carbocycles. The van der Waals surface area contributed by atoms with E-state index in [2.05, 4.69) is 15.0 Å². The van der Waals surface area contributed by atoms with Gasteiger partial charge in [-0.05, 0) is 67.6 Å². The number of pyridine rings is 1. The van der Waals surface area contributed by atoms with Crippen LogP contribution in [0.3, 0.4) is 0 Å². The summed E-state index contributed by atoms with van der Waals surface area (Å²) >= 11 is 0. The average Bonchev–Trinajstić information content (AvgIpc) is 2.70. The highest BCUT2D eigenvalue weighted by Gasteiger charge is 2.15. The van der Waals surface area contributed by atoms with Crippen LogP contribution >= 0.6 is 0 Å². The van der Waals surface area contributed by atoms with Crippen molar-refractivity contribution < 1.29 is 23.1 Å². The van der Waals surface area contributed by atoms with E-state index < -0.39 is 15.9 Å². The first kappa shape index (κ1) is 20.2. The minimum Gasteiger partial charge on any atom is -0.504 e. The van der Waals surface area contributed by atoms with E-state index in [1.807, 2.05) is 6.92 Å². The molecule has 0 radical (unpaired) electrons. The summed E-state index contributed by atoms with van der Waals surface area (Å²) in [5.74, 6) is -0.0148. The molecule has 0 aliphatic rings. The van der Waals surface area contributed by atoms with Crippen LogP contribution < -0.4 is 14.8 Å². The monoisotopic (exact) mass is 413 g/mol. The van der Waals surface area contributed by atoms with Crippen LogP contribution in [-0.4, -0.2) is 31.0 Å². The molecule has 3 rings (SSSR count). The lowest BCUT2D eigenvalue weighted by Gasteiger charge is -2.10. The molecule has 0 aliphatic carbocycles. The second-order valence-electron chi connectivity index (χ2n) is 5.91. The van der Waals surface area contributed by atoms with E-state index in [1.54, 1.807) is 12.1 Å². The van der Waals surface area contributed by atoms with E-state index in [4.69, 9.17) is 4.74 Å². The van der Waals surface area contributed by atoms with Gasteiger partial charge in [0, 0.05) is 17.4 Å². The van der Waals surface area contributed by atoms with Crippen molar-refractivity contribution in [3.8, 4) is 11.5 Å². The van der Waals surface area contributed by atoms with Crippen molar-refractivity contribution >= 4 is 27.4 Å². The SMILES string of the molecule is CCOc1ccc(S(=O)(=O)Nc2ccc(C(=O)Nc3ncccc3O)cc2)cc1. The normalized spacial score (nSPS) is 10.9. The number of amides is 1. The molecule has 0 saturated carbocycles. The number of nitrogens with zero attached hydrogens (tertiary/aromatic N) is 1. The van der Waals surface area contributed by atoms with Gasteiger partial charge in [0.25, 0.3) is 15.9 Å². The average molecular weight is 413 g/mol. The van der Waals surface area contributed by atoms with Crippen molar-refractivity contribution in [2.75, 3.05) is 16.6 Å². The van der Waals surface area contributed by atoms with E-state index in [-0.39, 0.29) is 22.0 Å². The lowest BCUT2D eigenvalue weighted by molar-refractivity contribution is 0.102. The molecule has 0 fully saturated rings. The van der Waals surface area contributed by atoms with Gasteiger partial charge in [-0.25, -0.2) is 13.4 Å². The van der Waals surface area contributed by atoms with Crippen molar-refractivity contribution in [3.05, 3.63) is 72.4 Å². The number of rotatable bonds is 7. The van der Waals surface area contributed by atoms with Gasteiger partial charge in [-0.2, -0.15) is 0 Å². The van der Waals surface area contributed by atoms with Crippen molar-refractivity contribution in [1.82, 2.24) is 4.98 Å². The third-order valence-electron chi connectivity index (χ3n) is 3.86. The maximum atomic E-state index is 12.5. The first-order chi connectivity index (χ1) is 13.9. The molecule has 0 saturated heterocycles. The predicted octanol–water partition coefficient (Wildman–Crippen LogP) is 3.24. The zero-order chi connectivity index (χ0) is 20.9. The van der Waals surface area contributed by atoms with Gasteiger partial charge < -0.3 is 15.2 Å². The molecule has 3 N–H and O–H groups in total. The smallest absolute Gasteiger partial charge is 0.261 e. The molecule has 3 aromatic rings. The molecule has 1 aromatic heterocycles. The van der Waals surface area contributed by atoms with Crippen LogP contribution in [0, 0.1) is 0 Å². The molecule has 0 atom stereocenters. The zero-order valence-corrected chi connectivity index (χ0v) is 16.3. The number of ether oxygens (including phenoxy) is 1. The molecule has 1 amide bonds. The van der Waals surface area contributed by atoms with Gasteiger partial charge in [0.15, 0.2) is 11.6 Å². The molecular weight excluding hydrogens is 394 g/mol. The first-order valence-corrected chi connectivity index (χ1v) is 10.2. The first-order valence-electron chi connectivity index (χ1n) is 8.70. The second kappa shape index (κ2) is 8.61. The maximum Gasteiger partial charge on any atom is 0.261 e. The van der Waals surface area contributed by atoms with Crippen molar-refractivity contribution in [2.24, 2.45) is 0 Å². The highest BCUT2D eigenvalue weighted by Crippen LogP contribution is 2.21.